The second-order valence-corrected chi connectivity index (χ2v) is 5.49. The van der Waals surface area contributed by atoms with E-state index in [1.807, 2.05) is 0 Å². The molecule has 2 nitrogen and oxygen atoms in total. The zero-order chi connectivity index (χ0) is 12.5. The molecule has 0 saturated carbocycles. The van der Waals surface area contributed by atoms with E-state index >= 15 is 0 Å². The van der Waals surface area contributed by atoms with Gasteiger partial charge in [-0.05, 0) is 39.2 Å². The largest absolute Gasteiger partial charge is 0.387 e. The standard InChI is InChI=1S/C14H20FNO.ClH/c1-14(2)9-5-8-12(16-14)13(17)10-6-3-4-7-11(10)15;/h3-4,6-7,12-13,16-17H,5,8-9H2,1-2H3;1H/t12-,13?;/m1./s1. The van der Waals surface area contributed by atoms with Crippen molar-refractivity contribution >= 4 is 12.4 Å². The van der Waals surface area contributed by atoms with E-state index in [4.69, 9.17) is 0 Å². The van der Waals surface area contributed by atoms with Crippen molar-refractivity contribution in [3.05, 3.63) is 35.6 Å². The Balaban J connectivity index is 0.00000162. The maximum atomic E-state index is 13.6. The Morgan fingerprint density at radius 2 is 2.06 bits per heavy atom. The minimum Gasteiger partial charge on any atom is -0.387 e. The Bertz CT molecular complexity index is 397. The van der Waals surface area contributed by atoms with Gasteiger partial charge in [-0.3, -0.25) is 0 Å². The normalized spacial score (nSPS) is 24.1. The zero-order valence-electron chi connectivity index (χ0n) is 10.8. The highest BCUT2D eigenvalue weighted by Gasteiger charge is 2.32. The third kappa shape index (κ3) is 3.44. The summed E-state index contributed by atoms with van der Waals surface area (Å²) in [6.45, 7) is 4.24. The third-order valence-corrected chi connectivity index (χ3v) is 3.50. The molecule has 1 saturated heterocycles. The molecule has 0 amide bonds. The summed E-state index contributed by atoms with van der Waals surface area (Å²) >= 11 is 0. The van der Waals surface area contributed by atoms with Gasteiger partial charge in [0.05, 0.1) is 6.10 Å². The van der Waals surface area contributed by atoms with Crippen molar-refractivity contribution in [2.45, 2.75) is 50.8 Å². The van der Waals surface area contributed by atoms with Crippen LogP contribution < -0.4 is 5.32 Å². The molecule has 2 rings (SSSR count). The molecule has 0 spiro atoms. The molecular formula is C14H21ClFNO. The van der Waals surface area contributed by atoms with E-state index in [1.165, 1.54) is 6.07 Å². The summed E-state index contributed by atoms with van der Waals surface area (Å²) in [6, 6.07) is 6.39. The highest BCUT2D eigenvalue weighted by molar-refractivity contribution is 5.85. The van der Waals surface area contributed by atoms with Crippen LogP contribution in [0.4, 0.5) is 4.39 Å². The molecular weight excluding hydrogens is 253 g/mol. The second kappa shape index (κ2) is 6.00. The summed E-state index contributed by atoms with van der Waals surface area (Å²) < 4.78 is 13.6. The minimum atomic E-state index is -0.768. The lowest BCUT2D eigenvalue weighted by Gasteiger charge is -2.39. The van der Waals surface area contributed by atoms with Crippen molar-refractivity contribution in [3.63, 3.8) is 0 Å². The maximum Gasteiger partial charge on any atom is 0.129 e. The van der Waals surface area contributed by atoms with Gasteiger partial charge in [0, 0.05) is 17.1 Å². The summed E-state index contributed by atoms with van der Waals surface area (Å²) in [5.74, 6) is -0.329. The van der Waals surface area contributed by atoms with Crippen LogP contribution in [0.3, 0.4) is 0 Å². The first-order valence-electron chi connectivity index (χ1n) is 6.20. The van der Waals surface area contributed by atoms with E-state index in [2.05, 4.69) is 19.2 Å². The fraction of sp³-hybridized carbons (Fsp3) is 0.571. The molecule has 1 fully saturated rings. The fourth-order valence-corrected chi connectivity index (χ4v) is 2.58. The lowest BCUT2D eigenvalue weighted by molar-refractivity contribution is 0.0817. The van der Waals surface area contributed by atoms with Crippen molar-refractivity contribution in [1.29, 1.82) is 0 Å². The summed E-state index contributed by atoms with van der Waals surface area (Å²) in [7, 11) is 0. The Morgan fingerprint density at radius 3 is 2.67 bits per heavy atom. The summed E-state index contributed by atoms with van der Waals surface area (Å²) in [5.41, 5.74) is 0.414. The smallest absolute Gasteiger partial charge is 0.129 e. The Kier molecular flexibility index (Phi) is 5.14. The van der Waals surface area contributed by atoms with Gasteiger partial charge < -0.3 is 10.4 Å². The van der Waals surface area contributed by atoms with Gasteiger partial charge in [-0.2, -0.15) is 0 Å². The molecule has 1 unspecified atom stereocenters. The van der Waals surface area contributed by atoms with E-state index in [9.17, 15) is 9.50 Å². The van der Waals surface area contributed by atoms with Crippen LogP contribution in [-0.2, 0) is 0 Å². The number of hydrogen-bond donors (Lipinski definition) is 2. The molecule has 0 radical (unpaired) electrons. The van der Waals surface area contributed by atoms with Crippen LogP contribution in [0.25, 0.3) is 0 Å². The number of hydrogen-bond acceptors (Lipinski definition) is 2. The maximum absolute atomic E-state index is 13.6. The number of aliphatic hydroxyl groups is 1. The highest BCUT2D eigenvalue weighted by atomic mass is 35.5. The van der Waals surface area contributed by atoms with Gasteiger partial charge in [-0.1, -0.05) is 18.2 Å². The monoisotopic (exact) mass is 273 g/mol. The number of nitrogens with one attached hydrogen (secondary N) is 1. The van der Waals surface area contributed by atoms with Gasteiger partial charge in [0.25, 0.3) is 0 Å². The topological polar surface area (TPSA) is 32.3 Å². The van der Waals surface area contributed by atoms with Crippen molar-refractivity contribution < 1.29 is 9.50 Å². The van der Waals surface area contributed by atoms with Gasteiger partial charge in [0.2, 0.25) is 0 Å². The predicted molar refractivity (Wildman–Crippen MR) is 73.5 cm³/mol. The number of aliphatic hydroxyl groups excluding tert-OH is 1. The Hall–Kier alpha value is -0.640. The van der Waals surface area contributed by atoms with E-state index in [0.29, 0.717) is 5.56 Å². The van der Waals surface area contributed by atoms with Crippen molar-refractivity contribution in [3.8, 4) is 0 Å². The van der Waals surface area contributed by atoms with Crippen molar-refractivity contribution in [1.82, 2.24) is 5.32 Å². The first-order valence-corrected chi connectivity index (χ1v) is 6.20. The quantitative estimate of drug-likeness (QED) is 0.867. The first-order chi connectivity index (χ1) is 7.99. The highest BCUT2D eigenvalue weighted by Crippen LogP contribution is 2.29. The molecule has 18 heavy (non-hydrogen) atoms. The molecule has 2 atom stereocenters. The van der Waals surface area contributed by atoms with Crippen LogP contribution >= 0.6 is 12.4 Å². The van der Waals surface area contributed by atoms with Gasteiger partial charge in [-0.15, -0.1) is 12.4 Å². The van der Waals surface area contributed by atoms with Crippen molar-refractivity contribution in [2.75, 3.05) is 0 Å². The average Bonchev–Trinajstić information content (AvgIpc) is 2.27. The summed E-state index contributed by atoms with van der Waals surface area (Å²) in [5, 5.41) is 13.7. The zero-order valence-corrected chi connectivity index (χ0v) is 11.6. The molecule has 0 aromatic heterocycles. The van der Waals surface area contributed by atoms with E-state index < -0.39 is 6.10 Å². The SMILES string of the molecule is CC1(C)CCC[C@H](C(O)c2ccccc2F)N1.Cl. The number of piperidine rings is 1. The molecule has 102 valence electrons. The summed E-state index contributed by atoms with van der Waals surface area (Å²) in [4.78, 5) is 0. The van der Waals surface area contributed by atoms with Crippen LogP contribution in [0.1, 0.15) is 44.8 Å². The van der Waals surface area contributed by atoms with Crippen LogP contribution in [0.15, 0.2) is 24.3 Å². The van der Waals surface area contributed by atoms with E-state index in [-0.39, 0.29) is 29.8 Å². The Labute approximate surface area is 114 Å². The number of halogens is 2. The molecule has 1 aliphatic rings. The molecule has 0 bridgehead atoms. The average molecular weight is 274 g/mol. The van der Waals surface area contributed by atoms with Gasteiger partial charge >= 0.3 is 0 Å². The fourth-order valence-electron chi connectivity index (χ4n) is 2.58. The predicted octanol–water partition coefficient (Wildman–Crippen LogP) is 3.20. The molecule has 1 aromatic carbocycles. The minimum absolute atomic E-state index is 0. The second-order valence-electron chi connectivity index (χ2n) is 5.49. The van der Waals surface area contributed by atoms with E-state index in [0.717, 1.165) is 19.3 Å². The first kappa shape index (κ1) is 15.4. The molecule has 0 aliphatic carbocycles. The number of benzene rings is 1. The number of rotatable bonds is 2. The molecule has 1 aliphatic heterocycles. The lowest BCUT2D eigenvalue weighted by Crippen LogP contribution is -2.51. The molecule has 2 N–H and O–H groups in total. The van der Waals surface area contributed by atoms with E-state index in [1.54, 1.807) is 18.2 Å². The molecule has 4 heteroatoms. The van der Waals surface area contributed by atoms with Crippen molar-refractivity contribution in [2.24, 2.45) is 0 Å². The van der Waals surface area contributed by atoms with Gasteiger partial charge in [-0.25, -0.2) is 4.39 Å². The molecule has 1 aromatic rings. The Morgan fingerprint density at radius 1 is 1.39 bits per heavy atom. The molecule has 1 heterocycles. The van der Waals surface area contributed by atoms with Gasteiger partial charge in [0.15, 0.2) is 0 Å². The van der Waals surface area contributed by atoms with Gasteiger partial charge in [0.1, 0.15) is 5.82 Å². The lowest BCUT2D eigenvalue weighted by atomic mass is 9.85. The van der Waals surface area contributed by atoms with Crippen LogP contribution in [-0.4, -0.2) is 16.7 Å². The van der Waals surface area contributed by atoms with Crippen LogP contribution in [0.2, 0.25) is 0 Å². The van der Waals surface area contributed by atoms with Crippen LogP contribution in [0, 0.1) is 5.82 Å². The third-order valence-electron chi connectivity index (χ3n) is 3.50. The summed E-state index contributed by atoms with van der Waals surface area (Å²) in [6.07, 6.45) is 2.28. The van der Waals surface area contributed by atoms with Crippen LogP contribution in [0.5, 0.6) is 0 Å².